The summed E-state index contributed by atoms with van der Waals surface area (Å²) in [5.74, 6) is -0.0125. The Morgan fingerprint density at radius 1 is 0.969 bits per heavy atom. The van der Waals surface area contributed by atoms with E-state index in [1.165, 1.54) is 11.5 Å². The van der Waals surface area contributed by atoms with E-state index in [1.807, 2.05) is 30.3 Å². The third kappa shape index (κ3) is 3.33. The molecule has 3 aromatic heterocycles. The molecule has 0 saturated heterocycles. The second kappa shape index (κ2) is 7.33. The van der Waals surface area contributed by atoms with E-state index in [-0.39, 0.29) is 40.2 Å². The van der Waals surface area contributed by atoms with Crippen molar-refractivity contribution in [1.29, 1.82) is 0 Å². The van der Waals surface area contributed by atoms with Gasteiger partial charge in [0.05, 0.1) is 16.6 Å². The molecule has 0 saturated carbocycles. The number of nitrogens with zero attached hydrogens (tertiary/aromatic N) is 3. The Morgan fingerprint density at radius 2 is 1.62 bits per heavy atom. The topological polar surface area (TPSA) is 60.9 Å². The molecule has 3 heterocycles. The number of aromatic nitrogens is 3. The van der Waals surface area contributed by atoms with Crippen molar-refractivity contribution in [2.24, 2.45) is 0 Å². The Bertz CT molecular complexity index is 1510. The molecule has 0 amide bonds. The molecule has 5 rings (SSSR count). The Hall–Kier alpha value is -3.94. The minimum atomic E-state index is -4.68. The third-order valence-corrected chi connectivity index (χ3v) is 5.25. The van der Waals surface area contributed by atoms with Crippen LogP contribution in [0.25, 0.3) is 33.3 Å². The van der Waals surface area contributed by atoms with Gasteiger partial charge in [-0.3, -0.25) is 0 Å². The lowest BCUT2D eigenvalue weighted by atomic mass is 10.1. The molecule has 8 heteroatoms. The molecule has 0 unspecified atom stereocenters. The fourth-order valence-electron chi connectivity index (χ4n) is 3.89. The van der Waals surface area contributed by atoms with Crippen LogP contribution >= 0.6 is 0 Å². The maximum Gasteiger partial charge on any atom is 0.417 e. The fraction of sp³-hybridized carbons (Fsp3) is 0.125. The number of aryl methyl sites for hydroxylation is 1. The molecular weight excluding hydrogens is 419 g/mol. The maximum absolute atomic E-state index is 14.2. The number of alkyl halides is 3. The molecule has 0 aliphatic heterocycles. The number of pyridine rings is 1. The van der Waals surface area contributed by atoms with Crippen LogP contribution in [0.4, 0.5) is 13.2 Å². The monoisotopic (exact) mass is 435 g/mol. The van der Waals surface area contributed by atoms with E-state index in [0.717, 1.165) is 11.6 Å². The van der Waals surface area contributed by atoms with Crippen molar-refractivity contribution >= 4 is 22.1 Å². The van der Waals surface area contributed by atoms with Crippen LogP contribution in [0.5, 0.6) is 0 Å². The van der Waals surface area contributed by atoms with Gasteiger partial charge in [-0.1, -0.05) is 60.7 Å². The molecule has 160 valence electrons. The number of fused-ring (bicyclic) bond motifs is 3. The zero-order valence-electron chi connectivity index (χ0n) is 16.8. The van der Waals surface area contributed by atoms with Crippen molar-refractivity contribution in [2.45, 2.75) is 19.6 Å². The molecule has 0 N–H and O–H groups in total. The van der Waals surface area contributed by atoms with Gasteiger partial charge in [-0.15, -0.1) is 0 Å². The molecule has 0 bridgehead atoms. The molecule has 0 aliphatic rings. The normalized spacial score (nSPS) is 12.0. The summed E-state index contributed by atoms with van der Waals surface area (Å²) in [6, 6.07) is 18.7. The number of benzene rings is 2. The second-order valence-electron chi connectivity index (χ2n) is 7.41. The van der Waals surface area contributed by atoms with Gasteiger partial charge in [0.1, 0.15) is 11.2 Å². The first-order chi connectivity index (χ1) is 15.3. The van der Waals surface area contributed by atoms with Gasteiger partial charge in [-0.05, 0) is 11.6 Å². The molecule has 0 atom stereocenters. The largest absolute Gasteiger partial charge is 0.417 e. The van der Waals surface area contributed by atoms with Crippen LogP contribution < -0.4 is 5.63 Å². The van der Waals surface area contributed by atoms with Crippen LogP contribution in [0, 0.1) is 6.92 Å². The Labute approximate surface area is 179 Å². The van der Waals surface area contributed by atoms with Gasteiger partial charge in [-0.2, -0.15) is 13.2 Å². The van der Waals surface area contributed by atoms with E-state index in [1.54, 1.807) is 30.3 Å². The highest BCUT2D eigenvalue weighted by molar-refractivity contribution is 6.06. The average molecular weight is 435 g/mol. The fourth-order valence-corrected chi connectivity index (χ4v) is 3.89. The summed E-state index contributed by atoms with van der Waals surface area (Å²) >= 11 is 0. The highest BCUT2D eigenvalue weighted by atomic mass is 19.4. The number of hydrogen-bond acceptors (Lipinski definition) is 4. The lowest BCUT2D eigenvalue weighted by Gasteiger charge is -2.12. The molecule has 0 aliphatic carbocycles. The van der Waals surface area contributed by atoms with E-state index in [9.17, 15) is 18.0 Å². The maximum atomic E-state index is 14.2. The predicted molar refractivity (Wildman–Crippen MR) is 114 cm³/mol. The highest BCUT2D eigenvalue weighted by Gasteiger charge is 2.36. The minimum Gasteiger partial charge on any atom is -0.407 e. The zero-order valence-corrected chi connectivity index (χ0v) is 16.8. The second-order valence-corrected chi connectivity index (χ2v) is 7.41. The van der Waals surface area contributed by atoms with Gasteiger partial charge >= 0.3 is 11.8 Å². The van der Waals surface area contributed by atoms with Gasteiger partial charge < -0.3 is 8.98 Å². The summed E-state index contributed by atoms with van der Waals surface area (Å²) in [5.41, 5.74) is -0.237. The molecule has 5 aromatic rings. The molecule has 32 heavy (non-hydrogen) atoms. The summed E-state index contributed by atoms with van der Waals surface area (Å²) in [6.45, 7) is 1.57. The van der Waals surface area contributed by atoms with Gasteiger partial charge in [0.15, 0.2) is 11.4 Å². The summed E-state index contributed by atoms with van der Waals surface area (Å²) in [7, 11) is 0. The van der Waals surface area contributed by atoms with Crippen LogP contribution in [-0.4, -0.2) is 14.5 Å². The first kappa shape index (κ1) is 20.0. The molecule has 2 aromatic carbocycles. The van der Waals surface area contributed by atoms with E-state index >= 15 is 0 Å². The average Bonchev–Trinajstić information content (AvgIpc) is 3.07. The van der Waals surface area contributed by atoms with E-state index < -0.39 is 17.4 Å². The van der Waals surface area contributed by atoms with Crippen molar-refractivity contribution in [1.82, 2.24) is 14.5 Å². The molecule has 0 radical (unpaired) electrons. The van der Waals surface area contributed by atoms with Gasteiger partial charge in [-0.25, -0.2) is 14.8 Å². The van der Waals surface area contributed by atoms with Crippen molar-refractivity contribution in [3.05, 3.63) is 94.2 Å². The Kier molecular flexibility index (Phi) is 4.58. The van der Waals surface area contributed by atoms with Crippen LogP contribution in [0.15, 0.2) is 75.9 Å². The lowest BCUT2D eigenvalue weighted by Crippen LogP contribution is -2.10. The van der Waals surface area contributed by atoms with Gasteiger partial charge in [0.25, 0.3) is 0 Å². The van der Waals surface area contributed by atoms with Gasteiger partial charge in [0, 0.05) is 19.0 Å². The standard InChI is InChI=1S/C24H16F3N3O2/c1-14-28-20-19-17(24(25,26)27)12-18(16-10-6-3-7-11-16)29-22(19)30(21(20)23(31)32-14)13-15-8-4-2-5-9-15/h2-12H,13H2,1H3. The first-order valence-corrected chi connectivity index (χ1v) is 9.84. The summed E-state index contributed by atoms with van der Waals surface area (Å²) < 4.78 is 49.2. The smallest absolute Gasteiger partial charge is 0.407 e. The zero-order chi connectivity index (χ0) is 22.5. The summed E-state index contributed by atoms with van der Waals surface area (Å²) in [5, 5.41) is -0.209. The van der Waals surface area contributed by atoms with Crippen molar-refractivity contribution in [3.8, 4) is 11.3 Å². The SMILES string of the molecule is Cc1nc2c3c(C(F)(F)F)cc(-c4ccccc4)nc3n(Cc3ccccc3)c2c(=O)o1. The van der Waals surface area contributed by atoms with Gasteiger partial charge in [0.2, 0.25) is 0 Å². The van der Waals surface area contributed by atoms with E-state index in [0.29, 0.717) is 5.56 Å². The quantitative estimate of drug-likeness (QED) is 0.371. The molecule has 0 fully saturated rings. The van der Waals surface area contributed by atoms with E-state index in [4.69, 9.17) is 4.42 Å². The van der Waals surface area contributed by atoms with Crippen LogP contribution in [0.3, 0.4) is 0 Å². The molecular formula is C24H16F3N3O2. The van der Waals surface area contributed by atoms with Crippen LogP contribution in [0.1, 0.15) is 17.0 Å². The van der Waals surface area contributed by atoms with Crippen LogP contribution in [0.2, 0.25) is 0 Å². The molecule has 0 spiro atoms. The Balaban J connectivity index is 1.95. The van der Waals surface area contributed by atoms with Crippen molar-refractivity contribution < 1.29 is 17.6 Å². The molecule has 5 nitrogen and oxygen atoms in total. The summed E-state index contributed by atoms with van der Waals surface area (Å²) in [4.78, 5) is 21.5. The van der Waals surface area contributed by atoms with Crippen LogP contribution in [-0.2, 0) is 12.7 Å². The highest BCUT2D eigenvalue weighted by Crippen LogP contribution is 2.40. The number of rotatable bonds is 3. The predicted octanol–water partition coefficient (Wildman–Crippen LogP) is 5.58. The minimum absolute atomic E-state index is 0.0125. The number of halogens is 3. The number of hydrogen-bond donors (Lipinski definition) is 0. The van der Waals surface area contributed by atoms with Crippen molar-refractivity contribution in [2.75, 3.05) is 0 Å². The van der Waals surface area contributed by atoms with Crippen molar-refractivity contribution in [3.63, 3.8) is 0 Å². The lowest BCUT2D eigenvalue weighted by molar-refractivity contribution is -0.136. The summed E-state index contributed by atoms with van der Waals surface area (Å²) in [6.07, 6.45) is -4.68. The van der Waals surface area contributed by atoms with E-state index in [2.05, 4.69) is 9.97 Å². The first-order valence-electron chi connectivity index (χ1n) is 9.84. The Morgan fingerprint density at radius 3 is 2.28 bits per heavy atom. The third-order valence-electron chi connectivity index (χ3n) is 5.25.